The van der Waals surface area contributed by atoms with Crippen molar-refractivity contribution < 1.29 is 9.90 Å². The Bertz CT molecular complexity index is 598. The van der Waals surface area contributed by atoms with Gasteiger partial charge >= 0.3 is 0 Å². The summed E-state index contributed by atoms with van der Waals surface area (Å²) in [7, 11) is 0. The van der Waals surface area contributed by atoms with Crippen LogP contribution in [0.2, 0.25) is 10.0 Å². The van der Waals surface area contributed by atoms with Gasteiger partial charge in [-0.15, -0.1) is 10.2 Å². The van der Waals surface area contributed by atoms with E-state index in [1.54, 1.807) is 17.2 Å². The average Bonchev–Trinajstić information content (AvgIpc) is 2.89. The predicted octanol–water partition coefficient (Wildman–Crippen LogP) is 1.82. The first-order chi connectivity index (χ1) is 9.95. The van der Waals surface area contributed by atoms with Crippen LogP contribution in [-0.4, -0.2) is 31.8 Å². The molecule has 2 atom stereocenters. The van der Waals surface area contributed by atoms with Crippen molar-refractivity contribution in [3.63, 3.8) is 0 Å². The van der Waals surface area contributed by atoms with Gasteiger partial charge < -0.3 is 15.0 Å². The molecule has 0 saturated heterocycles. The summed E-state index contributed by atoms with van der Waals surface area (Å²) >= 11 is 11.7. The summed E-state index contributed by atoms with van der Waals surface area (Å²) < 4.78 is 1.73. The molecule has 2 aromatic rings. The van der Waals surface area contributed by atoms with Crippen molar-refractivity contribution >= 4 is 29.1 Å². The zero-order valence-corrected chi connectivity index (χ0v) is 12.7. The summed E-state index contributed by atoms with van der Waals surface area (Å²) in [6.07, 6.45) is 1.77. The molecule has 0 aliphatic carbocycles. The first-order valence-corrected chi connectivity index (χ1v) is 6.98. The van der Waals surface area contributed by atoms with Crippen LogP contribution in [0.1, 0.15) is 18.6 Å². The van der Waals surface area contributed by atoms with Crippen LogP contribution < -0.4 is 5.32 Å². The number of rotatable bonds is 5. The van der Waals surface area contributed by atoms with Gasteiger partial charge in [0.2, 0.25) is 0 Å². The Morgan fingerprint density at radius 2 is 1.86 bits per heavy atom. The third-order valence-corrected chi connectivity index (χ3v) is 3.23. The zero-order chi connectivity index (χ0) is 15.4. The molecular formula is C13H14Cl2N4O2. The molecule has 8 heteroatoms. The van der Waals surface area contributed by atoms with Gasteiger partial charge in [0.15, 0.2) is 6.10 Å². The fourth-order valence-electron chi connectivity index (χ4n) is 1.88. The Kier molecular flexibility index (Phi) is 5.17. The molecule has 1 amide bonds. The molecular weight excluding hydrogens is 315 g/mol. The van der Waals surface area contributed by atoms with E-state index in [2.05, 4.69) is 15.5 Å². The lowest BCUT2D eigenvalue weighted by Crippen LogP contribution is -2.38. The number of aromatic nitrogens is 3. The molecule has 112 valence electrons. The van der Waals surface area contributed by atoms with Crippen LogP contribution in [0.25, 0.3) is 0 Å². The van der Waals surface area contributed by atoms with Crippen LogP contribution in [0.15, 0.2) is 30.9 Å². The molecule has 0 radical (unpaired) electrons. The van der Waals surface area contributed by atoms with Crippen LogP contribution in [0, 0.1) is 0 Å². The molecule has 1 heterocycles. The maximum absolute atomic E-state index is 12.0. The minimum Gasteiger partial charge on any atom is -0.378 e. The molecule has 2 rings (SSSR count). The highest BCUT2D eigenvalue weighted by molar-refractivity contribution is 6.34. The largest absolute Gasteiger partial charge is 0.378 e. The maximum atomic E-state index is 12.0. The fraction of sp³-hybridized carbons (Fsp3) is 0.308. The van der Waals surface area contributed by atoms with E-state index in [1.165, 1.54) is 18.2 Å². The number of nitrogens with zero attached hydrogens (tertiary/aromatic N) is 3. The molecule has 21 heavy (non-hydrogen) atoms. The summed E-state index contributed by atoms with van der Waals surface area (Å²) in [5.74, 6) is -0.520. The highest BCUT2D eigenvalue weighted by Crippen LogP contribution is 2.23. The van der Waals surface area contributed by atoms with Crippen molar-refractivity contribution in [1.82, 2.24) is 20.1 Å². The second-order valence-electron chi connectivity index (χ2n) is 4.67. The Balaban J connectivity index is 1.98. The van der Waals surface area contributed by atoms with Gasteiger partial charge in [-0.25, -0.2) is 0 Å². The lowest BCUT2D eigenvalue weighted by atomic mass is 10.1. The molecule has 2 N–H and O–H groups in total. The maximum Gasteiger partial charge on any atom is 0.253 e. The number of hydrogen-bond acceptors (Lipinski definition) is 4. The molecule has 6 nitrogen and oxygen atoms in total. The van der Waals surface area contributed by atoms with E-state index in [-0.39, 0.29) is 6.04 Å². The fourth-order valence-corrected chi connectivity index (χ4v) is 2.43. The third kappa shape index (κ3) is 4.42. The smallest absolute Gasteiger partial charge is 0.253 e. The molecule has 0 aliphatic heterocycles. The molecule has 0 bridgehead atoms. The van der Waals surface area contributed by atoms with Crippen molar-refractivity contribution in [2.24, 2.45) is 0 Å². The predicted molar refractivity (Wildman–Crippen MR) is 79.0 cm³/mol. The standard InChI is InChI=1S/C13H14Cl2N4O2/c1-8(5-19-6-16-17-7-19)18-13(21)12(20)9-2-10(14)4-11(15)3-9/h2-4,6-8,12,20H,5H2,1H3,(H,18,21)/t8-,12+/m0/s1. The number of aliphatic hydroxyl groups excluding tert-OH is 1. The summed E-state index contributed by atoms with van der Waals surface area (Å²) in [6, 6.07) is 4.34. The molecule has 0 unspecified atom stereocenters. The van der Waals surface area contributed by atoms with Gasteiger partial charge in [-0.05, 0) is 30.7 Å². The van der Waals surface area contributed by atoms with Crippen molar-refractivity contribution in [2.75, 3.05) is 0 Å². The molecule has 1 aromatic heterocycles. The number of aliphatic hydroxyl groups is 1. The molecule has 1 aromatic carbocycles. The SMILES string of the molecule is C[C@@H](Cn1cnnc1)NC(=O)[C@H](O)c1cc(Cl)cc(Cl)c1. The summed E-state index contributed by atoms with van der Waals surface area (Å²) in [6.45, 7) is 2.32. The zero-order valence-electron chi connectivity index (χ0n) is 11.2. The number of carbonyl (C=O) groups excluding carboxylic acids is 1. The van der Waals surface area contributed by atoms with Gasteiger partial charge in [0.25, 0.3) is 5.91 Å². The second-order valence-corrected chi connectivity index (χ2v) is 5.55. The Morgan fingerprint density at radius 1 is 1.29 bits per heavy atom. The van der Waals surface area contributed by atoms with Gasteiger partial charge in [0, 0.05) is 22.6 Å². The van der Waals surface area contributed by atoms with Crippen molar-refractivity contribution in [1.29, 1.82) is 0 Å². The number of nitrogens with one attached hydrogen (secondary N) is 1. The molecule has 0 saturated carbocycles. The van der Waals surface area contributed by atoms with Crippen LogP contribution in [0.3, 0.4) is 0 Å². The van der Waals surface area contributed by atoms with Gasteiger partial charge in [0.1, 0.15) is 12.7 Å². The van der Waals surface area contributed by atoms with Crippen LogP contribution >= 0.6 is 23.2 Å². The van der Waals surface area contributed by atoms with E-state index in [9.17, 15) is 9.90 Å². The number of amides is 1. The van der Waals surface area contributed by atoms with E-state index in [4.69, 9.17) is 23.2 Å². The molecule has 0 aliphatic rings. The van der Waals surface area contributed by atoms with Gasteiger partial charge in [-0.3, -0.25) is 4.79 Å². The first-order valence-electron chi connectivity index (χ1n) is 6.22. The third-order valence-electron chi connectivity index (χ3n) is 2.79. The van der Waals surface area contributed by atoms with E-state index in [0.717, 1.165) is 0 Å². The summed E-state index contributed by atoms with van der Waals surface area (Å²) in [5, 5.41) is 20.8. The second kappa shape index (κ2) is 6.89. The first kappa shape index (κ1) is 15.8. The van der Waals surface area contributed by atoms with Crippen LogP contribution in [0.4, 0.5) is 0 Å². The number of carbonyl (C=O) groups is 1. The lowest BCUT2D eigenvalue weighted by molar-refractivity contribution is -0.130. The quantitative estimate of drug-likeness (QED) is 0.877. The minimum atomic E-state index is -1.33. The highest BCUT2D eigenvalue weighted by Gasteiger charge is 2.20. The summed E-state index contributed by atoms with van der Waals surface area (Å²) in [5.41, 5.74) is 0.349. The summed E-state index contributed by atoms with van der Waals surface area (Å²) in [4.78, 5) is 12.0. The average molecular weight is 329 g/mol. The van der Waals surface area contributed by atoms with E-state index >= 15 is 0 Å². The highest BCUT2D eigenvalue weighted by atomic mass is 35.5. The lowest BCUT2D eigenvalue weighted by Gasteiger charge is -2.17. The van der Waals surface area contributed by atoms with E-state index in [1.807, 2.05) is 6.92 Å². The normalized spacial score (nSPS) is 13.7. The van der Waals surface area contributed by atoms with Crippen molar-refractivity contribution in [2.45, 2.75) is 25.6 Å². The number of halogens is 2. The van der Waals surface area contributed by atoms with E-state index in [0.29, 0.717) is 22.2 Å². The number of hydrogen-bond donors (Lipinski definition) is 2. The van der Waals surface area contributed by atoms with Gasteiger partial charge in [-0.1, -0.05) is 23.2 Å². The van der Waals surface area contributed by atoms with Gasteiger partial charge in [0.05, 0.1) is 0 Å². The van der Waals surface area contributed by atoms with Crippen molar-refractivity contribution in [3.8, 4) is 0 Å². The Labute approximate surface area is 131 Å². The molecule has 0 spiro atoms. The van der Waals surface area contributed by atoms with Crippen LogP contribution in [0.5, 0.6) is 0 Å². The monoisotopic (exact) mass is 328 g/mol. The van der Waals surface area contributed by atoms with E-state index < -0.39 is 12.0 Å². The van der Waals surface area contributed by atoms with Gasteiger partial charge in [-0.2, -0.15) is 0 Å². The van der Waals surface area contributed by atoms with Crippen molar-refractivity contribution in [3.05, 3.63) is 46.5 Å². The molecule has 0 fully saturated rings. The Morgan fingerprint density at radius 3 is 2.43 bits per heavy atom. The Hall–Kier alpha value is -1.63. The number of benzene rings is 1. The minimum absolute atomic E-state index is 0.196. The topological polar surface area (TPSA) is 80.0 Å². The van der Waals surface area contributed by atoms with Crippen LogP contribution in [-0.2, 0) is 11.3 Å².